The Morgan fingerprint density at radius 2 is 1.81 bits per heavy atom. The molecule has 1 aromatic heterocycles. The molecule has 0 bridgehead atoms. The van der Waals surface area contributed by atoms with E-state index in [2.05, 4.69) is 31.3 Å². The van der Waals surface area contributed by atoms with E-state index in [1.807, 2.05) is 36.4 Å². The van der Waals surface area contributed by atoms with E-state index in [0.717, 1.165) is 40.6 Å². The topological polar surface area (TPSA) is 43.9 Å². The monoisotopic (exact) mass is 360 g/mol. The summed E-state index contributed by atoms with van der Waals surface area (Å²) in [6, 6.07) is 21.8. The van der Waals surface area contributed by atoms with E-state index in [9.17, 15) is 4.79 Å². The van der Waals surface area contributed by atoms with Gasteiger partial charge >= 0.3 is 5.63 Å². The van der Waals surface area contributed by atoms with Gasteiger partial charge in [-0.25, -0.2) is 4.79 Å². The molecule has 0 saturated heterocycles. The van der Waals surface area contributed by atoms with Gasteiger partial charge in [-0.2, -0.15) is 0 Å². The van der Waals surface area contributed by atoms with Gasteiger partial charge in [0.2, 0.25) is 0 Å². The number of fused-ring (bicyclic) bond motifs is 3. The molecule has 0 amide bonds. The third-order valence-corrected chi connectivity index (χ3v) is 4.85. The van der Waals surface area contributed by atoms with Gasteiger partial charge in [0.25, 0.3) is 0 Å². The minimum absolute atomic E-state index is 0.304. The summed E-state index contributed by atoms with van der Waals surface area (Å²) in [6.45, 7) is 1.57. The third-order valence-electron chi connectivity index (χ3n) is 4.85. The normalized spacial score (nSPS) is 12.4. The first kappa shape index (κ1) is 17.3. The predicted molar refractivity (Wildman–Crippen MR) is 107 cm³/mol. The number of hydrogen-bond donors (Lipinski definition) is 1. The minimum atomic E-state index is -0.304. The van der Waals surface area contributed by atoms with Gasteiger partial charge in [-0.05, 0) is 29.0 Å². The number of nitrogens with one attached hydrogen (secondary N) is 1. The number of rotatable bonds is 5. The minimum Gasteiger partial charge on any atom is -0.497 e. The number of hydrogen-bond acceptors (Lipinski definition) is 3. The summed E-state index contributed by atoms with van der Waals surface area (Å²) in [5.41, 5.74) is 2.55. The van der Waals surface area contributed by atoms with Crippen LogP contribution >= 0.6 is 0 Å². The smallest absolute Gasteiger partial charge is 0.336 e. The third kappa shape index (κ3) is 3.57. The first-order valence-corrected chi connectivity index (χ1v) is 9.03. The van der Waals surface area contributed by atoms with Crippen LogP contribution in [0.4, 0.5) is 0 Å². The molecule has 4 rings (SSSR count). The molecule has 0 spiro atoms. The van der Waals surface area contributed by atoms with Crippen molar-refractivity contribution in [3.8, 4) is 5.75 Å². The zero-order valence-electron chi connectivity index (χ0n) is 15.5. The van der Waals surface area contributed by atoms with E-state index in [1.165, 1.54) is 10.5 Å². The zero-order valence-corrected chi connectivity index (χ0v) is 15.5. The molecule has 0 saturated carbocycles. The molecule has 0 aliphatic rings. The molecule has 1 N–H and O–H groups in total. The van der Waals surface area contributed by atoms with Crippen LogP contribution in [-0.4, -0.2) is 14.2 Å². The fraction of sp³-hybridized carbons (Fsp3) is 0.174. The molecule has 3 aromatic carbocycles. The molecular weight excluding hydrogens is 338 g/mol. The van der Waals surface area contributed by atoms with Gasteiger partial charge in [-0.15, -0.1) is 0 Å². The molecule has 4 aromatic rings. The van der Waals surface area contributed by atoms with Crippen LogP contribution in [0.5, 0.6) is 5.75 Å². The van der Waals surface area contributed by atoms with E-state index in [4.69, 9.17) is 9.15 Å². The lowest BCUT2D eigenvalue weighted by Gasteiger charge is -2.16. The summed E-state index contributed by atoms with van der Waals surface area (Å²) in [4.78, 5) is 13.4. The Bertz CT molecular complexity index is 1160. The molecule has 4 nitrogen and oxygen atoms in total. The first-order valence-electron chi connectivity index (χ1n) is 9.03. The number of benzene rings is 3. The van der Waals surface area contributed by atoms with Gasteiger partial charge in [0.1, 0.15) is 24.4 Å². The second-order valence-electron chi connectivity index (χ2n) is 6.91. The maximum Gasteiger partial charge on any atom is 0.336 e. The molecular formula is C23H22NO3+. The lowest BCUT2D eigenvalue weighted by Crippen LogP contribution is -3.06. The van der Waals surface area contributed by atoms with E-state index >= 15 is 0 Å². The quantitative estimate of drug-likeness (QED) is 0.439. The molecule has 0 fully saturated rings. The van der Waals surface area contributed by atoms with E-state index < -0.39 is 0 Å². The van der Waals surface area contributed by atoms with Crippen LogP contribution < -0.4 is 15.3 Å². The maximum absolute atomic E-state index is 12.1. The highest BCUT2D eigenvalue weighted by atomic mass is 16.5. The van der Waals surface area contributed by atoms with Crippen LogP contribution in [0, 0.1) is 0 Å². The summed E-state index contributed by atoms with van der Waals surface area (Å²) in [5, 5.41) is 3.28. The van der Waals surface area contributed by atoms with Crippen molar-refractivity contribution < 1.29 is 14.1 Å². The highest BCUT2D eigenvalue weighted by Gasteiger charge is 2.14. The van der Waals surface area contributed by atoms with Crippen molar-refractivity contribution in [1.29, 1.82) is 0 Å². The van der Waals surface area contributed by atoms with Crippen LogP contribution in [0.25, 0.3) is 21.7 Å². The molecule has 0 radical (unpaired) electrons. The average molecular weight is 360 g/mol. The molecule has 4 heteroatoms. The summed E-state index contributed by atoms with van der Waals surface area (Å²) < 4.78 is 10.8. The standard InChI is InChI=1S/C23H21NO3/c1-24(14-16-6-5-8-19(12-16)26-2)15-18-13-22(25)27-21-11-10-17-7-3-4-9-20(17)23(18)21/h3-13H,14-15H2,1-2H3/p+1. The van der Waals surface area contributed by atoms with Crippen molar-refractivity contribution >= 4 is 21.7 Å². The Labute approximate surface area is 157 Å². The van der Waals surface area contributed by atoms with E-state index in [1.54, 1.807) is 13.2 Å². The molecule has 1 heterocycles. The Balaban J connectivity index is 1.72. The lowest BCUT2D eigenvalue weighted by atomic mass is 10.0. The summed E-state index contributed by atoms with van der Waals surface area (Å²) in [7, 11) is 3.81. The van der Waals surface area contributed by atoms with Crippen LogP contribution in [0.1, 0.15) is 11.1 Å². The van der Waals surface area contributed by atoms with Crippen LogP contribution in [0.2, 0.25) is 0 Å². The molecule has 27 heavy (non-hydrogen) atoms. The number of ether oxygens (including phenoxy) is 1. The largest absolute Gasteiger partial charge is 0.497 e. The van der Waals surface area contributed by atoms with Gasteiger partial charge in [-0.1, -0.05) is 42.5 Å². The second kappa shape index (κ2) is 7.25. The predicted octanol–water partition coefficient (Wildman–Crippen LogP) is 3.17. The molecule has 1 atom stereocenters. The van der Waals surface area contributed by atoms with Crippen LogP contribution in [-0.2, 0) is 13.1 Å². The Morgan fingerprint density at radius 3 is 2.67 bits per heavy atom. The van der Waals surface area contributed by atoms with E-state index in [0.29, 0.717) is 5.58 Å². The van der Waals surface area contributed by atoms with Crippen molar-refractivity contribution in [2.24, 2.45) is 0 Å². The van der Waals surface area contributed by atoms with Gasteiger partial charge in [-0.3, -0.25) is 0 Å². The van der Waals surface area contributed by atoms with Crippen molar-refractivity contribution in [1.82, 2.24) is 0 Å². The summed E-state index contributed by atoms with van der Waals surface area (Å²) in [5.74, 6) is 0.858. The fourth-order valence-electron chi connectivity index (χ4n) is 3.68. The summed E-state index contributed by atoms with van der Waals surface area (Å²) in [6.07, 6.45) is 0. The van der Waals surface area contributed by atoms with Crippen molar-refractivity contribution in [2.75, 3.05) is 14.2 Å². The molecule has 0 aliphatic carbocycles. The Kier molecular flexibility index (Phi) is 4.65. The van der Waals surface area contributed by atoms with Crippen molar-refractivity contribution in [2.45, 2.75) is 13.1 Å². The SMILES string of the molecule is COc1cccc(C[NH+](C)Cc2cc(=O)oc3ccc4ccccc4c23)c1. The zero-order chi connectivity index (χ0) is 18.8. The fourth-order valence-corrected chi connectivity index (χ4v) is 3.68. The molecule has 1 unspecified atom stereocenters. The molecule has 136 valence electrons. The molecule has 0 aliphatic heterocycles. The van der Waals surface area contributed by atoms with Crippen molar-refractivity contribution in [3.05, 3.63) is 88.3 Å². The van der Waals surface area contributed by atoms with Gasteiger partial charge in [0.15, 0.2) is 0 Å². The first-order chi connectivity index (χ1) is 13.1. The Hall–Kier alpha value is -3.11. The van der Waals surface area contributed by atoms with Gasteiger partial charge < -0.3 is 14.1 Å². The summed E-state index contributed by atoms with van der Waals surface area (Å²) >= 11 is 0. The van der Waals surface area contributed by atoms with Gasteiger partial charge in [0, 0.05) is 22.6 Å². The van der Waals surface area contributed by atoms with Gasteiger partial charge in [0.05, 0.1) is 14.2 Å². The highest BCUT2D eigenvalue weighted by molar-refractivity contribution is 6.06. The van der Waals surface area contributed by atoms with Crippen LogP contribution in [0.15, 0.2) is 75.9 Å². The van der Waals surface area contributed by atoms with Crippen molar-refractivity contribution in [3.63, 3.8) is 0 Å². The number of methoxy groups -OCH3 is 1. The highest BCUT2D eigenvalue weighted by Crippen LogP contribution is 2.27. The second-order valence-corrected chi connectivity index (χ2v) is 6.91. The average Bonchev–Trinajstić information content (AvgIpc) is 2.67. The van der Waals surface area contributed by atoms with Crippen LogP contribution in [0.3, 0.4) is 0 Å². The van der Waals surface area contributed by atoms with E-state index in [-0.39, 0.29) is 5.63 Å². The Morgan fingerprint density at radius 1 is 0.963 bits per heavy atom. The lowest BCUT2D eigenvalue weighted by molar-refractivity contribution is -0.907. The number of quaternary nitrogens is 1. The maximum atomic E-state index is 12.1.